The molecule has 0 aliphatic heterocycles. The normalized spacial score (nSPS) is 16.3. The number of benzene rings is 2. The number of hydrogen-bond acceptors (Lipinski definition) is 7. The molecule has 0 spiro atoms. The van der Waals surface area contributed by atoms with Crippen LogP contribution in [0.5, 0.6) is 11.6 Å². The summed E-state index contributed by atoms with van der Waals surface area (Å²) in [4.78, 5) is 34.5. The van der Waals surface area contributed by atoms with Crippen LogP contribution in [0.25, 0.3) is 16.8 Å². The molecule has 45 heavy (non-hydrogen) atoms. The quantitative estimate of drug-likeness (QED) is 0.201. The number of pyridine rings is 1. The van der Waals surface area contributed by atoms with Gasteiger partial charge in [0.05, 0.1) is 12.4 Å². The number of nitrogens with one attached hydrogen (secondary N) is 2. The zero-order valence-electron chi connectivity index (χ0n) is 24.5. The predicted octanol–water partition coefficient (Wildman–Crippen LogP) is 5.12. The Balaban J connectivity index is 1.07. The van der Waals surface area contributed by atoms with Gasteiger partial charge in [0.25, 0.3) is 11.8 Å². The molecular weight excluding hydrogens is 575 g/mol. The number of nitrogens with zero attached hydrogens (tertiary/aromatic N) is 4. The van der Waals surface area contributed by atoms with Crippen LogP contribution in [0.2, 0.25) is 0 Å². The van der Waals surface area contributed by atoms with E-state index in [1.54, 1.807) is 29.0 Å². The molecule has 1 saturated carbocycles. The van der Waals surface area contributed by atoms with Crippen molar-refractivity contribution < 1.29 is 23.8 Å². The molecule has 2 aromatic carbocycles. The van der Waals surface area contributed by atoms with Crippen molar-refractivity contribution in [2.24, 2.45) is 0 Å². The first-order valence-electron chi connectivity index (χ1n) is 15.0. The number of carbonyl (C=O) groups excluding carboxylic acids is 2. The van der Waals surface area contributed by atoms with Gasteiger partial charge in [-0.1, -0.05) is 36.4 Å². The molecule has 3 heterocycles. The van der Waals surface area contributed by atoms with Crippen LogP contribution >= 0.6 is 0 Å². The van der Waals surface area contributed by atoms with Gasteiger partial charge in [-0.3, -0.25) is 9.59 Å². The molecule has 0 saturated heterocycles. The molecule has 3 N–H and O–H groups in total. The first-order chi connectivity index (χ1) is 22.0. The second-order valence-corrected chi connectivity index (χ2v) is 11.1. The number of aryl methyl sites for hydroxylation is 1. The van der Waals surface area contributed by atoms with Crippen molar-refractivity contribution in [3.63, 3.8) is 0 Å². The van der Waals surface area contributed by atoms with Crippen LogP contribution in [0.4, 0.5) is 4.39 Å². The molecule has 10 nitrogen and oxygen atoms in total. The highest BCUT2D eigenvalue weighted by atomic mass is 19.1. The highest BCUT2D eigenvalue weighted by molar-refractivity contribution is 5.99. The molecule has 1 aliphatic carbocycles. The van der Waals surface area contributed by atoms with Crippen LogP contribution in [-0.2, 0) is 6.42 Å². The van der Waals surface area contributed by atoms with E-state index in [-0.39, 0.29) is 36.0 Å². The first-order valence-corrected chi connectivity index (χ1v) is 15.0. The SMILES string of the molecule is O=C(N[C@H]1CC[C@H](NC(=O)c2cnn3cccnc23)CC1)c1cc(F)cnc1Oc1cccc(-c2ccc(CCCO)cc2)c1. The topological polar surface area (TPSA) is 131 Å². The third-order valence-electron chi connectivity index (χ3n) is 7.94. The third-order valence-corrected chi connectivity index (χ3v) is 7.94. The van der Waals surface area contributed by atoms with Gasteiger partial charge in [0.15, 0.2) is 5.65 Å². The summed E-state index contributed by atoms with van der Waals surface area (Å²) in [6, 6.07) is 18.1. The standard InChI is InChI=1S/C34H33FN6O4/c35-25-19-29(34(37-20-25)45-28-6-1-5-24(18-28)23-9-7-22(8-10-23)4-2-17-42)32(43)39-26-11-13-27(14-12-26)40-33(44)30-21-38-41-16-3-15-36-31(30)41/h1,3,5-10,15-16,18-21,26-27,42H,2,4,11-14,17H2,(H,39,43)(H,40,44)/t26-,27-. The van der Waals surface area contributed by atoms with Crippen molar-refractivity contribution >= 4 is 17.5 Å². The third kappa shape index (κ3) is 7.15. The van der Waals surface area contributed by atoms with Crippen molar-refractivity contribution in [1.82, 2.24) is 30.2 Å². The molecular formula is C34H33FN6O4. The summed E-state index contributed by atoms with van der Waals surface area (Å²) >= 11 is 0. The molecule has 230 valence electrons. The van der Waals surface area contributed by atoms with E-state index in [0.29, 0.717) is 49.1 Å². The number of ether oxygens (including phenoxy) is 1. The van der Waals surface area contributed by atoms with Gasteiger partial charge in [-0.05, 0) is 79.5 Å². The van der Waals surface area contributed by atoms with E-state index in [2.05, 4.69) is 25.7 Å². The maximum atomic E-state index is 14.2. The number of amides is 2. The minimum Gasteiger partial charge on any atom is -0.438 e. The van der Waals surface area contributed by atoms with Crippen LogP contribution < -0.4 is 15.4 Å². The maximum Gasteiger partial charge on any atom is 0.257 e. The Labute approximate surface area is 259 Å². The lowest BCUT2D eigenvalue weighted by Gasteiger charge is -2.29. The number of halogens is 1. The highest BCUT2D eigenvalue weighted by Crippen LogP contribution is 2.29. The summed E-state index contributed by atoms with van der Waals surface area (Å²) in [6.45, 7) is 0.156. The van der Waals surface area contributed by atoms with Crippen molar-refractivity contribution in [1.29, 1.82) is 0 Å². The molecule has 5 aromatic rings. The second kappa shape index (κ2) is 13.6. The molecule has 0 unspecified atom stereocenters. The number of hydrogen-bond donors (Lipinski definition) is 3. The molecule has 0 radical (unpaired) electrons. The second-order valence-electron chi connectivity index (χ2n) is 11.1. The maximum absolute atomic E-state index is 14.2. The fourth-order valence-electron chi connectivity index (χ4n) is 5.56. The van der Waals surface area contributed by atoms with Crippen LogP contribution in [0.15, 0.2) is 85.5 Å². The van der Waals surface area contributed by atoms with Crippen LogP contribution in [0.3, 0.4) is 0 Å². The van der Waals surface area contributed by atoms with E-state index in [0.717, 1.165) is 35.4 Å². The van der Waals surface area contributed by atoms with Crippen molar-refractivity contribution in [2.45, 2.75) is 50.6 Å². The number of aliphatic hydroxyl groups is 1. The molecule has 1 fully saturated rings. The molecule has 1 aliphatic rings. The Morgan fingerprint density at radius 2 is 1.62 bits per heavy atom. The van der Waals surface area contributed by atoms with E-state index < -0.39 is 11.7 Å². The number of fused-ring (bicyclic) bond motifs is 1. The van der Waals surface area contributed by atoms with Gasteiger partial charge in [0, 0.05) is 31.1 Å². The minimum atomic E-state index is -0.642. The average Bonchev–Trinajstić information content (AvgIpc) is 3.50. The zero-order valence-corrected chi connectivity index (χ0v) is 24.5. The molecule has 0 atom stereocenters. The van der Waals surface area contributed by atoms with E-state index in [4.69, 9.17) is 9.84 Å². The minimum absolute atomic E-state index is 0.00431. The van der Waals surface area contributed by atoms with Gasteiger partial charge in [0.1, 0.15) is 22.7 Å². The van der Waals surface area contributed by atoms with Crippen molar-refractivity contribution in [3.05, 3.63) is 108 Å². The predicted molar refractivity (Wildman–Crippen MR) is 166 cm³/mol. The molecule has 2 amide bonds. The average molecular weight is 609 g/mol. The van der Waals surface area contributed by atoms with Crippen LogP contribution in [0, 0.1) is 5.82 Å². The number of aromatic nitrogens is 4. The zero-order chi connectivity index (χ0) is 31.2. The summed E-state index contributed by atoms with van der Waals surface area (Å²) in [5, 5.41) is 19.3. The fourth-order valence-corrected chi connectivity index (χ4v) is 5.56. The Hall–Kier alpha value is -5.16. The summed E-state index contributed by atoms with van der Waals surface area (Å²) in [7, 11) is 0. The van der Waals surface area contributed by atoms with Gasteiger partial charge in [-0.2, -0.15) is 5.10 Å². The summed E-state index contributed by atoms with van der Waals surface area (Å²) < 4.78 is 21.8. The summed E-state index contributed by atoms with van der Waals surface area (Å²) in [5.41, 5.74) is 3.95. The van der Waals surface area contributed by atoms with Crippen LogP contribution in [0.1, 0.15) is 58.4 Å². The Kier molecular flexibility index (Phi) is 9.06. The lowest BCUT2D eigenvalue weighted by molar-refractivity contribution is 0.0890. The van der Waals surface area contributed by atoms with Crippen LogP contribution in [-0.4, -0.2) is 55.2 Å². The van der Waals surface area contributed by atoms with Crippen molar-refractivity contribution in [2.75, 3.05) is 6.61 Å². The molecule has 6 rings (SSSR count). The van der Waals surface area contributed by atoms with Gasteiger partial charge < -0.3 is 20.5 Å². The molecule has 3 aromatic heterocycles. The van der Waals surface area contributed by atoms with Gasteiger partial charge >= 0.3 is 0 Å². The highest BCUT2D eigenvalue weighted by Gasteiger charge is 2.27. The number of rotatable bonds is 10. The van der Waals surface area contributed by atoms with E-state index in [9.17, 15) is 14.0 Å². The number of carbonyl (C=O) groups is 2. The summed E-state index contributed by atoms with van der Waals surface area (Å²) in [5.74, 6) is -0.883. The summed E-state index contributed by atoms with van der Waals surface area (Å²) in [6.07, 6.45) is 10.0. The lowest BCUT2D eigenvalue weighted by Crippen LogP contribution is -2.43. The monoisotopic (exact) mass is 608 g/mol. The molecule has 11 heteroatoms. The number of aliphatic hydroxyl groups excluding tert-OH is 1. The van der Waals surface area contributed by atoms with E-state index in [1.165, 1.54) is 6.20 Å². The lowest BCUT2D eigenvalue weighted by atomic mass is 9.91. The van der Waals surface area contributed by atoms with E-state index >= 15 is 0 Å². The Morgan fingerprint density at radius 1 is 0.889 bits per heavy atom. The Bertz CT molecular complexity index is 1800. The van der Waals surface area contributed by atoms with Crippen molar-refractivity contribution in [3.8, 4) is 22.8 Å². The molecule has 0 bridgehead atoms. The first kappa shape index (κ1) is 29.9. The largest absolute Gasteiger partial charge is 0.438 e. The fraction of sp³-hybridized carbons (Fsp3) is 0.265. The van der Waals surface area contributed by atoms with E-state index in [1.807, 2.05) is 42.5 Å². The van der Waals surface area contributed by atoms with Gasteiger partial charge in [-0.25, -0.2) is 18.9 Å². The van der Waals surface area contributed by atoms with Gasteiger partial charge in [-0.15, -0.1) is 0 Å². The Morgan fingerprint density at radius 3 is 2.36 bits per heavy atom. The smallest absolute Gasteiger partial charge is 0.257 e. The van der Waals surface area contributed by atoms with Gasteiger partial charge in [0.2, 0.25) is 5.88 Å².